The van der Waals surface area contributed by atoms with E-state index in [2.05, 4.69) is 14.9 Å². The molecule has 102 valence electrons. The summed E-state index contributed by atoms with van der Waals surface area (Å²) >= 11 is 0. The Morgan fingerprint density at radius 1 is 1.42 bits per heavy atom. The molecule has 0 bridgehead atoms. The first-order valence-electron chi connectivity index (χ1n) is 5.52. The molecular weight excluding hydrogens is 268 g/mol. The highest BCUT2D eigenvalue weighted by atomic mass is 32.2. The quantitative estimate of drug-likeness (QED) is 0.855. The molecule has 0 unspecified atom stereocenters. The molecule has 0 saturated carbocycles. The molecule has 0 aliphatic heterocycles. The van der Waals surface area contributed by atoms with Crippen molar-refractivity contribution in [1.29, 1.82) is 0 Å². The fraction of sp³-hybridized carbons (Fsp3) is 0.273. The number of aromatic nitrogens is 2. The van der Waals surface area contributed by atoms with Gasteiger partial charge in [-0.2, -0.15) is 0 Å². The van der Waals surface area contributed by atoms with Gasteiger partial charge in [0.25, 0.3) is 0 Å². The lowest BCUT2D eigenvalue weighted by Gasteiger charge is -2.08. The summed E-state index contributed by atoms with van der Waals surface area (Å²) in [5.41, 5.74) is 7.15. The van der Waals surface area contributed by atoms with Crippen LogP contribution >= 0.6 is 0 Å². The molecule has 2 aromatic rings. The van der Waals surface area contributed by atoms with E-state index >= 15 is 0 Å². The van der Waals surface area contributed by atoms with E-state index in [0.717, 1.165) is 0 Å². The average molecular weight is 282 g/mol. The molecule has 2 heterocycles. The van der Waals surface area contributed by atoms with Gasteiger partial charge in [0.2, 0.25) is 10.0 Å². The molecule has 2 rings (SSSR count). The lowest BCUT2D eigenvalue weighted by molar-refractivity contribution is 0.392. The Morgan fingerprint density at radius 3 is 2.74 bits per heavy atom. The molecule has 19 heavy (non-hydrogen) atoms. The molecule has 2 aromatic heterocycles. The number of hydrogen-bond acceptors (Lipinski definition) is 6. The van der Waals surface area contributed by atoms with Crippen LogP contribution in [0.4, 0.5) is 5.69 Å². The highest BCUT2D eigenvalue weighted by Gasteiger charge is 2.19. The van der Waals surface area contributed by atoms with Crippen LogP contribution in [0.3, 0.4) is 0 Å². The summed E-state index contributed by atoms with van der Waals surface area (Å²) in [5, 5.41) is 3.76. The Bertz CT molecular complexity index is 674. The number of nitrogen functional groups attached to an aromatic ring is 1. The van der Waals surface area contributed by atoms with Gasteiger partial charge in [0.1, 0.15) is 10.7 Å². The Hall–Kier alpha value is -1.93. The smallest absolute Gasteiger partial charge is 0.244 e. The van der Waals surface area contributed by atoms with Crippen molar-refractivity contribution < 1.29 is 12.9 Å². The number of nitrogens with zero attached hydrogens (tertiary/aromatic N) is 2. The fourth-order valence-electron chi connectivity index (χ4n) is 1.61. The Balaban J connectivity index is 2.22. The maximum Gasteiger partial charge on any atom is 0.244 e. The van der Waals surface area contributed by atoms with Crippen molar-refractivity contribution in [2.45, 2.75) is 25.3 Å². The van der Waals surface area contributed by atoms with Crippen LogP contribution in [-0.4, -0.2) is 18.6 Å². The zero-order chi connectivity index (χ0) is 14.0. The van der Waals surface area contributed by atoms with Gasteiger partial charge in [0.15, 0.2) is 0 Å². The van der Waals surface area contributed by atoms with Gasteiger partial charge in [0, 0.05) is 24.5 Å². The molecule has 0 atom stereocenters. The molecule has 8 heteroatoms. The van der Waals surface area contributed by atoms with Crippen LogP contribution in [0.1, 0.15) is 17.0 Å². The van der Waals surface area contributed by atoms with Gasteiger partial charge < -0.3 is 10.3 Å². The Kier molecular flexibility index (Phi) is 3.54. The summed E-state index contributed by atoms with van der Waals surface area (Å²) in [7, 11) is -3.71. The van der Waals surface area contributed by atoms with Crippen molar-refractivity contribution >= 4 is 15.7 Å². The van der Waals surface area contributed by atoms with Gasteiger partial charge in [-0.25, -0.2) is 13.1 Å². The van der Waals surface area contributed by atoms with E-state index in [0.29, 0.717) is 17.0 Å². The number of sulfonamides is 1. The number of pyridine rings is 1. The average Bonchev–Trinajstić information content (AvgIpc) is 2.67. The van der Waals surface area contributed by atoms with Crippen molar-refractivity contribution in [3.05, 3.63) is 35.5 Å². The van der Waals surface area contributed by atoms with Crippen molar-refractivity contribution in [2.24, 2.45) is 0 Å². The molecule has 0 radical (unpaired) electrons. The fourth-order valence-corrected chi connectivity index (χ4v) is 2.68. The molecule has 0 amide bonds. The largest absolute Gasteiger partial charge is 0.398 e. The van der Waals surface area contributed by atoms with Crippen LogP contribution in [0, 0.1) is 13.8 Å². The number of nitrogens with one attached hydrogen (secondary N) is 1. The summed E-state index contributed by atoms with van der Waals surface area (Å²) in [6.07, 6.45) is 2.65. The van der Waals surface area contributed by atoms with Crippen LogP contribution in [0.25, 0.3) is 0 Å². The number of anilines is 1. The SMILES string of the molecule is Cc1noc(C)c1CNS(=O)(=O)c1cnccc1N. The van der Waals surface area contributed by atoms with Gasteiger partial charge >= 0.3 is 0 Å². The van der Waals surface area contributed by atoms with E-state index in [-0.39, 0.29) is 17.1 Å². The minimum absolute atomic E-state index is 0.0400. The van der Waals surface area contributed by atoms with Crippen LogP contribution in [-0.2, 0) is 16.6 Å². The second kappa shape index (κ2) is 4.98. The molecule has 7 nitrogen and oxygen atoms in total. The minimum Gasteiger partial charge on any atom is -0.398 e. The molecule has 3 N–H and O–H groups in total. The van der Waals surface area contributed by atoms with Crippen molar-refractivity contribution in [1.82, 2.24) is 14.9 Å². The van der Waals surface area contributed by atoms with Crippen LogP contribution in [0.2, 0.25) is 0 Å². The monoisotopic (exact) mass is 282 g/mol. The summed E-state index contributed by atoms with van der Waals surface area (Å²) in [5.74, 6) is 0.583. The van der Waals surface area contributed by atoms with Gasteiger partial charge in [-0.05, 0) is 19.9 Å². The number of rotatable bonds is 4. The maximum atomic E-state index is 12.1. The number of nitrogens with two attached hydrogens (primary N) is 1. The van der Waals surface area contributed by atoms with Gasteiger partial charge in [-0.3, -0.25) is 4.98 Å². The normalized spacial score (nSPS) is 11.7. The third kappa shape index (κ3) is 2.74. The first-order valence-corrected chi connectivity index (χ1v) is 7.01. The highest BCUT2D eigenvalue weighted by Crippen LogP contribution is 2.17. The third-order valence-electron chi connectivity index (χ3n) is 2.73. The Labute approximate surface area is 110 Å². The van der Waals surface area contributed by atoms with Crippen molar-refractivity contribution in [3.63, 3.8) is 0 Å². The summed E-state index contributed by atoms with van der Waals surface area (Å²) in [4.78, 5) is 3.72. The molecule has 0 saturated heterocycles. The van der Waals surface area contributed by atoms with Gasteiger partial charge in [0.05, 0.1) is 11.4 Å². The predicted molar refractivity (Wildman–Crippen MR) is 68.7 cm³/mol. The molecule has 0 aliphatic carbocycles. The molecule has 0 aliphatic rings. The zero-order valence-electron chi connectivity index (χ0n) is 10.5. The van der Waals surface area contributed by atoms with Crippen LogP contribution in [0.5, 0.6) is 0 Å². The zero-order valence-corrected chi connectivity index (χ0v) is 11.4. The van der Waals surface area contributed by atoms with Crippen LogP contribution < -0.4 is 10.5 Å². The number of aryl methyl sites for hydroxylation is 2. The Morgan fingerprint density at radius 2 is 2.16 bits per heavy atom. The highest BCUT2D eigenvalue weighted by molar-refractivity contribution is 7.89. The van der Waals surface area contributed by atoms with Crippen molar-refractivity contribution in [3.8, 4) is 0 Å². The maximum absolute atomic E-state index is 12.1. The first-order chi connectivity index (χ1) is 8.92. The molecule has 0 fully saturated rings. The predicted octanol–water partition coefficient (Wildman–Crippen LogP) is 0.747. The standard InChI is InChI=1S/C11H14N4O3S/c1-7-9(8(2)18-15-7)5-14-19(16,17)11-6-13-4-3-10(11)12/h3-4,6,14H,5H2,1-2H3,(H2,12,13). The van der Waals surface area contributed by atoms with E-state index in [1.54, 1.807) is 13.8 Å². The van der Waals surface area contributed by atoms with Crippen LogP contribution in [0.15, 0.2) is 27.9 Å². The first kappa shape index (κ1) is 13.5. The van der Waals surface area contributed by atoms with Gasteiger partial charge in [-0.15, -0.1) is 0 Å². The molecule has 0 aromatic carbocycles. The second-order valence-electron chi connectivity index (χ2n) is 4.04. The van der Waals surface area contributed by atoms with E-state index in [1.807, 2.05) is 0 Å². The minimum atomic E-state index is -3.71. The molecular formula is C11H14N4O3S. The van der Waals surface area contributed by atoms with Gasteiger partial charge in [-0.1, -0.05) is 5.16 Å². The van der Waals surface area contributed by atoms with E-state index in [1.165, 1.54) is 18.5 Å². The lowest BCUT2D eigenvalue weighted by atomic mass is 10.2. The van der Waals surface area contributed by atoms with Crippen molar-refractivity contribution in [2.75, 3.05) is 5.73 Å². The lowest BCUT2D eigenvalue weighted by Crippen LogP contribution is -2.24. The van der Waals surface area contributed by atoms with E-state index in [4.69, 9.17) is 10.3 Å². The topological polar surface area (TPSA) is 111 Å². The van der Waals surface area contributed by atoms with E-state index < -0.39 is 10.0 Å². The summed E-state index contributed by atoms with van der Waals surface area (Å²) in [6, 6.07) is 1.43. The summed E-state index contributed by atoms with van der Waals surface area (Å²) < 4.78 is 31.6. The number of hydrogen-bond donors (Lipinski definition) is 2. The third-order valence-corrected chi connectivity index (χ3v) is 4.17. The summed E-state index contributed by atoms with van der Waals surface area (Å²) in [6.45, 7) is 3.57. The second-order valence-corrected chi connectivity index (χ2v) is 5.78. The molecule has 0 spiro atoms. The van der Waals surface area contributed by atoms with E-state index in [9.17, 15) is 8.42 Å².